The molecule has 2 heterocycles. The lowest BCUT2D eigenvalue weighted by molar-refractivity contribution is 0.0957. The maximum atomic E-state index is 12.5. The van der Waals surface area contributed by atoms with Gasteiger partial charge in [0.25, 0.3) is 5.91 Å². The van der Waals surface area contributed by atoms with E-state index in [1.807, 2.05) is 43.3 Å². The minimum Gasteiger partial charge on any atom is -0.496 e. The highest BCUT2D eigenvalue weighted by molar-refractivity contribution is 7.13. The highest BCUT2D eigenvalue weighted by Crippen LogP contribution is 2.20. The topological polar surface area (TPSA) is 64.1 Å². The SMILES string of the molecule is COc1ccccc1CCNC(=O)c1sc(CCc2ccncc2)nc1C. The van der Waals surface area contributed by atoms with Gasteiger partial charge in [-0.15, -0.1) is 11.3 Å². The van der Waals surface area contributed by atoms with Gasteiger partial charge in [-0.2, -0.15) is 0 Å². The molecule has 0 unspecified atom stereocenters. The van der Waals surface area contributed by atoms with Crippen LogP contribution in [0.25, 0.3) is 0 Å². The summed E-state index contributed by atoms with van der Waals surface area (Å²) in [5, 5.41) is 3.98. The van der Waals surface area contributed by atoms with E-state index in [4.69, 9.17) is 4.74 Å². The van der Waals surface area contributed by atoms with Crippen molar-refractivity contribution in [2.75, 3.05) is 13.7 Å². The van der Waals surface area contributed by atoms with E-state index in [9.17, 15) is 4.79 Å². The molecule has 0 aliphatic carbocycles. The Morgan fingerprint density at radius 2 is 1.89 bits per heavy atom. The van der Waals surface area contributed by atoms with Gasteiger partial charge < -0.3 is 10.1 Å². The lowest BCUT2D eigenvalue weighted by Crippen LogP contribution is -2.25. The number of pyridine rings is 1. The number of aromatic nitrogens is 2. The number of nitrogens with one attached hydrogen (secondary N) is 1. The molecule has 0 bridgehead atoms. The van der Waals surface area contributed by atoms with Gasteiger partial charge >= 0.3 is 0 Å². The number of nitrogens with zero attached hydrogens (tertiary/aromatic N) is 2. The molecule has 1 aromatic carbocycles. The number of carbonyl (C=O) groups is 1. The van der Waals surface area contributed by atoms with Gasteiger partial charge in [0.2, 0.25) is 0 Å². The number of rotatable bonds is 8. The zero-order valence-electron chi connectivity index (χ0n) is 15.6. The standard InChI is InChI=1S/C21H23N3O2S/c1-15-20(27-19(24-15)8-7-16-9-12-22-13-10-16)21(25)23-14-11-17-5-3-4-6-18(17)26-2/h3-6,9-10,12-13H,7-8,11,14H2,1-2H3,(H,23,25). The van der Waals surface area contributed by atoms with Gasteiger partial charge in [0.05, 0.1) is 17.8 Å². The van der Waals surface area contributed by atoms with E-state index < -0.39 is 0 Å². The summed E-state index contributed by atoms with van der Waals surface area (Å²) in [5.41, 5.74) is 3.10. The van der Waals surface area contributed by atoms with Gasteiger partial charge in [-0.1, -0.05) is 18.2 Å². The molecule has 1 amide bonds. The maximum Gasteiger partial charge on any atom is 0.263 e. The molecule has 0 radical (unpaired) electrons. The first kappa shape index (κ1) is 19.0. The zero-order valence-corrected chi connectivity index (χ0v) is 16.4. The number of ether oxygens (including phenoxy) is 1. The zero-order chi connectivity index (χ0) is 19.1. The third kappa shape index (κ3) is 5.14. The predicted octanol–water partition coefficient (Wildman–Crippen LogP) is 3.61. The highest BCUT2D eigenvalue weighted by atomic mass is 32.1. The second-order valence-electron chi connectivity index (χ2n) is 6.20. The predicted molar refractivity (Wildman–Crippen MR) is 108 cm³/mol. The Morgan fingerprint density at radius 1 is 1.11 bits per heavy atom. The van der Waals surface area contributed by atoms with E-state index in [1.54, 1.807) is 19.5 Å². The smallest absolute Gasteiger partial charge is 0.263 e. The number of amides is 1. The summed E-state index contributed by atoms with van der Waals surface area (Å²) in [5.74, 6) is 0.786. The monoisotopic (exact) mass is 381 g/mol. The third-order valence-corrected chi connectivity index (χ3v) is 5.51. The van der Waals surface area contributed by atoms with E-state index in [0.29, 0.717) is 11.4 Å². The van der Waals surface area contributed by atoms with Crippen molar-refractivity contribution in [3.05, 3.63) is 75.5 Å². The second kappa shape index (κ2) is 9.28. The van der Waals surface area contributed by atoms with Crippen molar-refractivity contribution in [1.29, 1.82) is 0 Å². The molecule has 2 aromatic heterocycles. The van der Waals surface area contributed by atoms with E-state index in [-0.39, 0.29) is 5.91 Å². The van der Waals surface area contributed by atoms with Gasteiger partial charge in [0, 0.05) is 25.4 Å². The van der Waals surface area contributed by atoms with Gasteiger partial charge in [-0.05, 0) is 49.1 Å². The summed E-state index contributed by atoms with van der Waals surface area (Å²) >= 11 is 1.48. The van der Waals surface area contributed by atoms with Crippen LogP contribution in [0.1, 0.15) is 31.5 Å². The van der Waals surface area contributed by atoms with E-state index in [1.165, 1.54) is 16.9 Å². The van der Waals surface area contributed by atoms with Crippen LogP contribution < -0.4 is 10.1 Å². The molecule has 0 atom stereocenters. The van der Waals surface area contributed by atoms with Crippen molar-refractivity contribution in [2.45, 2.75) is 26.2 Å². The lowest BCUT2D eigenvalue weighted by Gasteiger charge is -2.08. The first-order chi connectivity index (χ1) is 13.2. The fourth-order valence-electron chi connectivity index (χ4n) is 2.87. The number of carbonyl (C=O) groups excluding carboxylic acids is 1. The van der Waals surface area contributed by atoms with Crippen molar-refractivity contribution >= 4 is 17.2 Å². The summed E-state index contributed by atoms with van der Waals surface area (Å²) in [7, 11) is 1.66. The summed E-state index contributed by atoms with van der Waals surface area (Å²) in [4.78, 5) is 21.8. The summed E-state index contributed by atoms with van der Waals surface area (Å²) < 4.78 is 5.35. The molecule has 0 fully saturated rings. The molecule has 27 heavy (non-hydrogen) atoms. The van der Waals surface area contributed by atoms with Crippen molar-refractivity contribution in [2.24, 2.45) is 0 Å². The van der Waals surface area contributed by atoms with Crippen LogP contribution in [0.5, 0.6) is 5.75 Å². The molecule has 6 heteroatoms. The molecule has 3 aromatic rings. The average molecular weight is 382 g/mol. The Balaban J connectivity index is 1.54. The minimum atomic E-state index is -0.0601. The summed E-state index contributed by atoms with van der Waals surface area (Å²) in [6, 6.07) is 11.9. The summed E-state index contributed by atoms with van der Waals surface area (Å²) in [6.07, 6.45) is 6.03. The number of para-hydroxylation sites is 1. The van der Waals surface area contributed by atoms with Gasteiger partial charge in [0.1, 0.15) is 10.6 Å². The second-order valence-corrected chi connectivity index (χ2v) is 7.28. The van der Waals surface area contributed by atoms with Crippen molar-refractivity contribution in [3.63, 3.8) is 0 Å². The molecule has 0 aliphatic rings. The first-order valence-corrected chi connectivity index (χ1v) is 9.74. The Labute approximate surface area is 163 Å². The number of hydrogen-bond acceptors (Lipinski definition) is 5. The molecule has 5 nitrogen and oxygen atoms in total. The van der Waals surface area contributed by atoms with Crippen LogP contribution in [0.3, 0.4) is 0 Å². The number of methoxy groups -OCH3 is 1. The molecule has 3 rings (SSSR count). The molecular formula is C21H23N3O2S. The maximum absolute atomic E-state index is 12.5. The number of aryl methyl sites for hydroxylation is 3. The quantitative estimate of drug-likeness (QED) is 0.647. The minimum absolute atomic E-state index is 0.0601. The van der Waals surface area contributed by atoms with Crippen LogP contribution in [0.4, 0.5) is 0 Å². The van der Waals surface area contributed by atoms with Crippen molar-refractivity contribution in [1.82, 2.24) is 15.3 Å². The van der Waals surface area contributed by atoms with E-state index in [2.05, 4.69) is 15.3 Å². The highest BCUT2D eigenvalue weighted by Gasteiger charge is 2.15. The molecule has 1 N–H and O–H groups in total. The molecule has 0 spiro atoms. The fourth-order valence-corrected chi connectivity index (χ4v) is 3.85. The Kier molecular flexibility index (Phi) is 6.54. The first-order valence-electron chi connectivity index (χ1n) is 8.92. The van der Waals surface area contributed by atoms with Gasteiger partial charge in [0.15, 0.2) is 0 Å². The molecule has 0 saturated heterocycles. The van der Waals surface area contributed by atoms with Crippen LogP contribution in [0.15, 0.2) is 48.8 Å². The Bertz CT molecular complexity index is 893. The molecule has 0 aliphatic heterocycles. The summed E-state index contributed by atoms with van der Waals surface area (Å²) in [6.45, 7) is 2.45. The van der Waals surface area contributed by atoms with E-state index >= 15 is 0 Å². The Hall–Kier alpha value is -2.73. The largest absolute Gasteiger partial charge is 0.496 e. The van der Waals surface area contributed by atoms with Gasteiger partial charge in [-0.3, -0.25) is 9.78 Å². The molecular weight excluding hydrogens is 358 g/mol. The van der Waals surface area contributed by atoms with Crippen LogP contribution in [-0.2, 0) is 19.3 Å². The lowest BCUT2D eigenvalue weighted by atomic mass is 10.1. The number of benzene rings is 1. The van der Waals surface area contributed by atoms with Crippen LogP contribution in [0, 0.1) is 6.92 Å². The normalized spacial score (nSPS) is 10.6. The molecule has 0 saturated carbocycles. The molecule has 140 valence electrons. The van der Waals surface area contributed by atoms with Crippen molar-refractivity contribution in [3.8, 4) is 5.75 Å². The van der Waals surface area contributed by atoms with Gasteiger partial charge in [-0.25, -0.2) is 4.98 Å². The van der Waals surface area contributed by atoms with Crippen molar-refractivity contribution < 1.29 is 9.53 Å². The average Bonchev–Trinajstić information content (AvgIpc) is 3.08. The van der Waals surface area contributed by atoms with Crippen LogP contribution in [0.2, 0.25) is 0 Å². The van der Waals surface area contributed by atoms with Crippen LogP contribution in [-0.4, -0.2) is 29.5 Å². The fraction of sp³-hybridized carbons (Fsp3) is 0.286. The van der Waals surface area contributed by atoms with E-state index in [0.717, 1.165) is 41.3 Å². The number of thiazole rings is 1. The number of hydrogen-bond donors (Lipinski definition) is 1. The Morgan fingerprint density at radius 3 is 2.67 bits per heavy atom. The third-order valence-electron chi connectivity index (χ3n) is 4.30. The van der Waals surface area contributed by atoms with Crippen LogP contribution >= 0.6 is 11.3 Å².